The summed E-state index contributed by atoms with van der Waals surface area (Å²) in [4.78, 5) is 3.30. The summed E-state index contributed by atoms with van der Waals surface area (Å²) in [7, 11) is 0. The average Bonchev–Trinajstić information content (AvgIpc) is 3.00. The second kappa shape index (κ2) is 9.28. The van der Waals surface area contributed by atoms with Crippen LogP contribution >= 0.6 is 0 Å². The average molecular weight is 337 g/mol. The Kier molecular flexibility index (Phi) is 7.37. The predicted octanol–water partition coefficient (Wildman–Crippen LogP) is -0.224. The normalized spacial score (nSPS) is 22.9. The Labute approximate surface area is 146 Å². The molecule has 0 unspecified atom stereocenters. The first-order valence-electron chi connectivity index (χ1n) is 9.56. The van der Waals surface area contributed by atoms with Gasteiger partial charge < -0.3 is 9.80 Å². The zero-order chi connectivity index (χ0) is 17.5. The van der Waals surface area contributed by atoms with E-state index >= 15 is 0 Å². The maximum atomic E-state index is 4.44. The molecule has 0 radical (unpaired) electrons. The monoisotopic (exact) mass is 336 g/mol. The molecule has 0 spiro atoms. The lowest BCUT2D eigenvalue weighted by molar-refractivity contribution is -1.03. The van der Waals surface area contributed by atoms with E-state index < -0.39 is 0 Å². The van der Waals surface area contributed by atoms with E-state index in [0.717, 1.165) is 31.8 Å². The number of hydrogen-bond donors (Lipinski definition) is 2. The quantitative estimate of drug-likeness (QED) is 0.613. The number of nitrogens with one attached hydrogen (secondary N) is 2. The van der Waals surface area contributed by atoms with Crippen LogP contribution in [0.1, 0.15) is 52.4 Å². The molecule has 1 aliphatic heterocycles. The lowest BCUT2D eigenvalue weighted by Gasteiger charge is -2.34. The summed E-state index contributed by atoms with van der Waals surface area (Å²) in [6.45, 7) is 19.8. The van der Waals surface area contributed by atoms with Gasteiger partial charge in [-0.15, -0.1) is 5.10 Å². The SMILES string of the molecule is C=CC[NH+]1CC[NH+]([C@@H](CC(C)C)c2nnnn2CCC(C)C)CC1. The lowest BCUT2D eigenvalue weighted by Crippen LogP contribution is -3.28. The highest BCUT2D eigenvalue weighted by atomic mass is 15.5. The van der Waals surface area contributed by atoms with E-state index in [2.05, 4.69) is 54.5 Å². The van der Waals surface area contributed by atoms with E-state index in [1.165, 1.54) is 26.2 Å². The van der Waals surface area contributed by atoms with Gasteiger partial charge in [-0.3, -0.25) is 0 Å². The van der Waals surface area contributed by atoms with Gasteiger partial charge in [-0.25, -0.2) is 4.68 Å². The van der Waals surface area contributed by atoms with Crippen molar-refractivity contribution in [2.45, 2.75) is 53.1 Å². The van der Waals surface area contributed by atoms with E-state index in [1.54, 1.807) is 9.80 Å². The molecule has 1 aromatic rings. The summed E-state index contributed by atoms with van der Waals surface area (Å²) in [5.74, 6) is 2.41. The maximum absolute atomic E-state index is 4.44. The Morgan fingerprint density at radius 3 is 2.42 bits per heavy atom. The van der Waals surface area contributed by atoms with Gasteiger partial charge in [-0.05, 0) is 34.8 Å². The van der Waals surface area contributed by atoms with E-state index in [0.29, 0.717) is 17.9 Å². The molecule has 136 valence electrons. The van der Waals surface area contributed by atoms with Crippen molar-refractivity contribution in [3.8, 4) is 0 Å². The highest BCUT2D eigenvalue weighted by Gasteiger charge is 2.34. The summed E-state index contributed by atoms with van der Waals surface area (Å²) in [6, 6.07) is 0.414. The largest absolute Gasteiger partial charge is 0.322 e. The van der Waals surface area contributed by atoms with Gasteiger partial charge in [0.2, 0.25) is 5.82 Å². The van der Waals surface area contributed by atoms with Crippen molar-refractivity contribution in [3.05, 3.63) is 18.5 Å². The molecule has 1 saturated heterocycles. The summed E-state index contributed by atoms with van der Waals surface area (Å²) in [5.41, 5.74) is 0. The fourth-order valence-corrected chi connectivity index (χ4v) is 3.61. The molecule has 0 aromatic carbocycles. The van der Waals surface area contributed by atoms with Crippen molar-refractivity contribution >= 4 is 0 Å². The van der Waals surface area contributed by atoms with Crippen LogP contribution in [0.15, 0.2) is 12.7 Å². The summed E-state index contributed by atoms with van der Waals surface area (Å²) >= 11 is 0. The third-order valence-corrected chi connectivity index (χ3v) is 5.02. The van der Waals surface area contributed by atoms with Crippen LogP contribution in [-0.4, -0.2) is 52.9 Å². The molecule has 0 aliphatic carbocycles. The van der Waals surface area contributed by atoms with E-state index in [4.69, 9.17) is 0 Å². The number of aromatic nitrogens is 4. The first kappa shape index (κ1) is 19.1. The molecule has 2 heterocycles. The van der Waals surface area contributed by atoms with Gasteiger partial charge in [0.25, 0.3) is 0 Å². The highest BCUT2D eigenvalue weighted by Crippen LogP contribution is 2.17. The molecular formula is C18H36N6+2. The number of piperazine rings is 1. The zero-order valence-corrected chi connectivity index (χ0v) is 16.0. The number of hydrogen-bond acceptors (Lipinski definition) is 3. The van der Waals surface area contributed by atoms with Gasteiger partial charge in [0.05, 0.1) is 6.54 Å². The number of quaternary nitrogens is 2. The molecule has 1 fully saturated rings. The van der Waals surface area contributed by atoms with Gasteiger partial charge in [0, 0.05) is 13.0 Å². The fraction of sp³-hybridized carbons (Fsp3) is 0.833. The predicted molar refractivity (Wildman–Crippen MR) is 95.9 cm³/mol. The Balaban J connectivity index is 2.09. The minimum atomic E-state index is 0.414. The molecule has 24 heavy (non-hydrogen) atoms. The highest BCUT2D eigenvalue weighted by molar-refractivity contribution is 4.88. The van der Waals surface area contributed by atoms with E-state index in [1.807, 2.05) is 6.08 Å². The molecule has 6 nitrogen and oxygen atoms in total. The van der Waals surface area contributed by atoms with E-state index in [9.17, 15) is 0 Å². The minimum absolute atomic E-state index is 0.414. The van der Waals surface area contributed by atoms with Crippen LogP contribution in [-0.2, 0) is 6.54 Å². The second-order valence-corrected chi connectivity index (χ2v) is 8.03. The zero-order valence-electron chi connectivity index (χ0n) is 16.0. The number of nitrogens with zero attached hydrogens (tertiary/aromatic N) is 4. The van der Waals surface area contributed by atoms with Crippen molar-refractivity contribution in [3.63, 3.8) is 0 Å². The number of rotatable bonds is 9. The van der Waals surface area contributed by atoms with Crippen LogP contribution in [0.5, 0.6) is 0 Å². The third kappa shape index (κ3) is 5.38. The first-order valence-corrected chi connectivity index (χ1v) is 9.56. The van der Waals surface area contributed by atoms with Crippen LogP contribution in [0.25, 0.3) is 0 Å². The third-order valence-electron chi connectivity index (χ3n) is 5.02. The van der Waals surface area contributed by atoms with E-state index in [-0.39, 0.29) is 0 Å². The smallest absolute Gasteiger partial charge is 0.209 e. The van der Waals surface area contributed by atoms with Crippen molar-refractivity contribution in [1.29, 1.82) is 0 Å². The van der Waals surface area contributed by atoms with Gasteiger partial charge in [0.15, 0.2) is 6.04 Å². The Morgan fingerprint density at radius 1 is 1.12 bits per heavy atom. The second-order valence-electron chi connectivity index (χ2n) is 8.03. The molecule has 2 N–H and O–H groups in total. The van der Waals surface area contributed by atoms with Crippen molar-refractivity contribution in [2.24, 2.45) is 11.8 Å². The molecule has 0 bridgehead atoms. The fourth-order valence-electron chi connectivity index (χ4n) is 3.61. The molecule has 1 atom stereocenters. The van der Waals surface area contributed by atoms with Gasteiger partial charge in [-0.2, -0.15) is 0 Å². The molecule has 1 aliphatic rings. The molecule has 6 heteroatoms. The maximum Gasteiger partial charge on any atom is 0.209 e. The summed E-state index contributed by atoms with van der Waals surface area (Å²) in [5, 5.41) is 12.7. The standard InChI is InChI=1S/C18H34N6/c1-6-8-22-10-12-23(13-11-22)17(14-16(4)5)18-19-20-21-24(18)9-7-15(2)3/h6,15-17H,1,7-14H2,2-5H3/p+2/t17-/m0/s1. The van der Waals surface area contributed by atoms with Gasteiger partial charge in [-0.1, -0.05) is 34.3 Å². The topological polar surface area (TPSA) is 52.5 Å². The summed E-state index contributed by atoms with van der Waals surface area (Å²) < 4.78 is 2.06. The van der Waals surface area contributed by atoms with Crippen LogP contribution < -0.4 is 9.80 Å². The van der Waals surface area contributed by atoms with Crippen LogP contribution in [0.3, 0.4) is 0 Å². The lowest BCUT2D eigenvalue weighted by atomic mass is 10.0. The molecule has 2 rings (SSSR count). The van der Waals surface area contributed by atoms with Crippen LogP contribution in [0.4, 0.5) is 0 Å². The number of tetrazole rings is 1. The van der Waals surface area contributed by atoms with Crippen molar-refractivity contribution in [2.75, 3.05) is 32.7 Å². The van der Waals surface area contributed by atoms with Crippen LogP contribution in [0.2, 0.25) is 0 Å². The molecule has 0 saturated carbocycles. The van der Waals surface area contributed by atoms with Crippen molar-refractivity contribution in [1.82, 2.24) is 20.2 Å². The number of aryl methyl sites for hydroxylation is 1. The van der Waals surface area contributed by atoms with Crippen LogP contribution in [0, 0.1) is 11.8 Å². The Bertz CT molecular complexity index is 487. The Hall–Kier alpha value is -1.27. The first-order chi connectivity index (χ1) is 11.5. The molecular weight excluding hydrogens is 300 g/mol. The molecule has 1 aromatic heterocycles. The summed E-state index contributed by atoms with van der Waals surface area (Å²) in [6.07, 6.45) is 4.31. The molecule has 0 amide bonds. The van der Waals surface area contributed by atoms with Gasteiger partial charge >= 0.3 is 0 Å². The Morgan fingerprint density at radius 2 is 1.83 bits per heavy atom. The van der Waals surface area contributed by atoms with Gasteiger partial charge in [0.1, 0.15) is 26.2 Å². The van der Waals surface area contributed by atoms with Crippen molar-refractivity contribution < 1.29 is 9.80 Å². The minimum Gasteiger partial charge on any atom is -0.322 e.